The van der Waals surface area contributed by atoms with Crippen molar-refractivity contribution in [3.05, 3.63) is 11.9 Å². The number of aliphatic hydroxyl groups is 1. The molecule has 1 amide bonds. The van der Waals surface area contributed by atoms with Crippen molar-refractivity contribution < 1.29 is 23.1 Å². The maximum Gasteiger partial charge on any atom is 0.451 e. The minimum atomic E-state index is -4.70. The summed E-state index contributed by atoms with van der Waals surface area (Å²) < 4.78 is 37.8. The lowest BCUT2D eigenvalue weighted by Crippen LogP contribution is -2.34. The molecule has 0 radical (unpaired) electrons. The Morgan fingerprint density at radius 3 is 2.40 bits per heavy atom. The van der Waals surface area contributed by atoms with E-state index in [0.29, 0.717) is 6.54 Å². The fraction of sp³-hybridized carbons (Fsp3) is 0.500. The molecule has 1 heterocycles. The minimum Gasteiger partial charge on any atom is -0.381 e. The molecule has 0 saturated carbocycles. The summed E-state index contributed by atoms with van der Waals surface area (Å²) in [5, 5.41) is 14.2. The van der Waals surface area contributed by atoms with Crippen molar-refractivity contribution in [3.8, 4) is 0 Å². The van der Waals surface area contributed by atoms with Crippen molar-refractivity contribution in [1.29, 1.82) is 0 Å². The normalized spacial score (nSPS) is 12.8. The molecule has 7 nitrogen and oxygen atoms in total. The second-order valence-electron chi connectivity index (χ2n) is 3.79. The van der Waals surface area contributed by atoms with Crippen molar-refractivity contribution in [2.75, 3.05) is 23.7 Å². The molecular weight excluding hydrogens is 279 g/mol. The summed E-state index contributed by atoms with van der Waals surface area (Å²) in [6.45, 7) is 1.71. The first-order valence-corrected chi connectivity index (χ1v) is 5.65. The summed E-state index contributed by atoms with van der Waals surface area (Å²) in [4.78, 5) is 17.2. The Kier molecular flexibility index (Phi) is 5.08. The Labute approximate surface area is 112 Å². The minimum absolute atomic E-state index is 0.0223. The van der Waals surface area contributed by atoms with Gasteiger partial charge in [-0.15, -0.1) is 0 Å². The summed E-state index contributed by atoms with van der Waals surface area (Å²) in [5.41, 5.74) is 4.82. The van der Waals surface area contributed by atoms with Crippen molar-refractivity contribution in [2.24, 2.45) is 5.73 Å². The van der Waals surface area contributed by atoms with Gasteiger partial charge in [0.25, 0.3) is 0 Å². The Bertz CT molecular complexity index is 480. The highest BCUT2D eigenvalue weighted by molar-refractivity contribution is 5.79. The number of rotatable bonds is 6. The van der Waals surface area contributed by atoms with Crippen LogP contribution in [0.1, 0.15) is 12.7 Å². The fourth-order valence-electron chi connectivity index (χ4n) is 1.24. The summed E-state index contributed by atoms with van der Waals surface area (Å²) in [5.74, 6) is -2.52. The molecule has 20 heavy (non-hydrogen) atoms. The second kappa shape index (κ2) is 6.37. The number of aliphatic hydroxyl groups excluding tert-OH is 1. The van der Waals surface area contributed by atoms with E-state index in [2.05, 4.69) is 20.6 Å². The largest absolute Gasteiger partial charge is 0.451 e. The van der Waals surface area contributed by atoms with E-state index in [4.69, 9.17) is 5.73 Å². The van der Waals surface area contributed by atoms with Gasteiger partial charge in [-0.1, -0.05) is 0 Å². The molecule has 0 spiro atoms. The Morgan fingerprint density at radius 1 is 1.40 bits per heavy atom. The SMILES string of the molecule is CCNc1cc(NCC(O)C(N)=O)nc(C(F)(F)F)n1. The van der Waals surface area contributed by atoms with E-state index >= 15 is 0 Å². The maximum atomic E-state index is 12.6. The number of amides is 1. The van der Waals surface area contributed by atoms with Gasteiger partial charge in [0.05, 0.1) is 6.54 Å². The van der Waals surface area contributed by atoms with Crippen LogP contribution in [-0.2, 0) is 11.0 Å². The fourth-order valence-corrected chi connectivity index (χ4v) is 1.24. The number of anilines is 2. The molecular formula is C10H14F3N5O2. The molecule has 5 N–H and O–H groups in total. The van der Waals surface area contributed by atoms with Crippen LogP contribution >= 0.6 is 0 Å². The Balaban J connectivity index is 2.94. The van der Waals surface area contributed by atoms with Crippen LogP contribution in [0.15, 0.2) is 6.07 Å². The molecule has 0 bridgehead atoms. The van der Waals surface area contributed by atoms with Crippen molar-refractivity contribution in [3.63, 3.8) is 0 Å². The Hall–Kier alpha value is -2.10. The molecule has 1 aromatic heterocycles. The number of hydrogen-bond donors (Lipinski definition) is 4. The van der Waals surface area contributed by atoms with Gasteiger partial charge in [0.2, 0.25) is 11.7 Å². The molecule has 10 heteroatoms. The van der Waals surface area contributed by atoms with Gasteiger partial charge in [0.15, 0.2) is 0 Å². The molecule has 112 valence electrons. The molecule has 1 aromatic rings. The van der Waals surface area contributed by atoms with Crippen molar-refractivity contribution in [2.45, 2.75) is 19.2 Å². The molecule has 0 saturated heterocycles. The van der Waals surface area contributed by atoms with Gasteiger partial charge >= 0.3 is 6.18 Å². The van der Waals surface area contributed by atoms with Crippen LogP contribution in [0.25, 0.3) is 0 Å². The van der Waals surface area contributed by atoms with Gasteiger partial charge in [-0.25, -0.2) is 9.97 Å². The van der Waals surface area contributed by atoms with E-state index in [1.807, 2.05) is 0 Å². The van der Waals surface area contributed by atoms with Crippen LogP contribution in [0.5, 0.6) is 0 Å². The predicted molar refractivity (Wildman–Crippen MR) is 64.9 cm³/mol. The predicted octanol–water partition coefficient (Wildman–Crippen LogP) is 0.185. The van der Waals surface area contributed by atoms with E-state index in [1.54, 1.807) is 6.92 Å². The van der Waals surface area contributed by atoms with E-state index < -0.39 is 24.0 Å². The second-order valence-corrected chi connectivity index (χ2v) is 3.79. The van der Waals surface area contributed by atoms with E-state index in [0.717, 1.165) is 0 Å². The van der Waals surface area contributed by atoms with Gasteiger partial charge in [-0.05, 0) is 6.92 Å². The van der Waals surface area contributed by atoms with E-state index in [9.17, 15) is 23.1 Å². The number of primary amides is 1. The highest BCUT2D eigenvalue weighted by atomic mass is 19.4. The quantitative estimate of drug-likeness (QED) is 0.595. The molecule has 1 atom stereocenters. The Morgan fingerprint density at radius 2 is 1.95 bits per heavy atom. The highest BCUT2D eigenvalue weighted by Crippen LogP contribution is 2.28. The van der Waals surface area contributed by atoms with Crippen LogP contribution in [-0.4, -0.2) is 40.2 Å². The average Bonchev–Trinajstić information content (AvgIpc) is 2.35. The topological polar surface area (TPSA) is 113 Å². The number of nitrogens with one attached hydrogen (secondary N) is 2. The number of carbonyl (C=O) groups is 1. The average molecular weight is 293 g/mol. The zero-order valence-electron chi connectivity index (χ0n) is 10.5. The first kappa shape index (κ1) is 16.0. The van der Waals surface area contributed by atoms with Gasteiger partial charge < -0.3 is 21.5 Å². The highest BCUT2D eigenvalue weighted by Gasteiger charge is 2.35. The summed E-state index contributed by atoms with van der Waals surface area (Å²) in [6, 6.07) is 1.23. The molecule has 0 aliphatic carbocycles. The molecule has 0 aliphatic rings. The van der Waals surface area contributed by atoms with Crippen LogP contribution in [0.3, 0.4) is 0 Å². The monoisotopic (exact) mass is 293 g/mol. The zero-order chi connectivity index (χ0) is 15.3. The number of nitrogens with zero attached hydrogens (tertiary/aromatic N) is 2. The number of halogens is 3. The standard InChI is InChI=1S/C10H14F3N5O2/c1-2-15-6-3-7(16-4-5(19)8(14)20)18-9(17-6)10(11,12)13/h3,5,19H,2,4H2,1H3,(H2,14,20)(H2,15,16,17,18). The number of aromatic nitrogens is 2. The first-order chi connectivity index (χ1) is 9.24. The molecule has 1 unspecified atom stereocenters. The van der Waals surface area contributed by atoms with Gasteiger partial charge in [0.1, 0.15) is 17.7 Å². The summed E-state index contributed by atoms with van der Waals surface area (Å²) >= 11 is 0. The van der Waals surface area contributed by atoms with Crippen LogP contribution in [0.4, 0.5) is 24.8 Å². The third kappa shape index (κ3) is 4.53. The third-order valence-electron chi connectivity index (χ3n) is 2.14. The van der Waals surface area contributed by atoms with Gasteiger partial charge in [-0.2, -0.15) is 13.2 Å². The van der Waals surface area contributed by atoms with Crippen LogP contribution in [0.2, 0.25) is 0 Å². The lowest BCUT2D eigenvalue weighted by Gasteiger charge is -2.13. The maximum absolute atomic E-state index is 12.6. The lowest BCUT2D eigenvalue weighted by molar-refractivity contribution is -0.144. The van der Waals surface area contributed by atoms with Crippen LogP contribution in [0, 0.1) is 0 Å². The summed E-state index contributed by atoms with van der Waals surface area (Å²) in [6.07, 6.45) is -6.23. The number of alkyl halides is 3. The first-order valence-electron chi connectivity index (χ1n) is 5.65. The van der Waals surface area contributed by atoms with Crippen molar-refractivity contribution >= 4 is 17.5 Å². The molecule has 0 aromatic carbocycles. The molecule has 0 aliphatic heterocycles. The zero-order valence-corrected chi connectivity index (χ0v) is 10.5. The number of nitrogens with two attached hydrogens (primary N) is 1. The van der Waals surface area contributed by atoms with Gasteiger partial charge in [0, 0.05) is 12.6 Å². The van der Waals surface area contributed by atoms with Gasteiger partial charge in [-0.3, -0.25) is 4.79 Å². The molecule has 1 rings (SSSR count). The van der Waals surface area contributed by atoms with E-state index in [1.165, 1.54) is 6.07 Å². The smallest absolute Gasteiger partial charge is 0.381 e. The number of hydrogen-bond acceptors (Lipinski definition) is 6. The van der Waals surface area contributed by atoms with Crippen LogP contribution < -0.4 is 16.4 Å². The number of carbonyl (C=O) groups excluding carboxylic acids is 1. The molecule has 0 fully saturated rings. The lowest BCUT2D eigenvalue weighted by atomic mass is 10.3. The van der Waals surface area contributed by atoms with Crippen molar-refractivity contribution in [1.82, 2.24) is 9.97 Å². The third-order valence-corrected chi connectivity index (χ3v) is 2.14. The summed E-state index contributed by atoms with van der Waals surface area (Å²) in [7, 11) is 0. The van der Waals surface area contributed by atoms with E-state index in [-0.39, 0.29) is 18.2 Å².